The fourth-order valence-corrected chi connectivity index (χ4v) is 4.77. The standard InChI is InChI=1S/C25H23NO4S/c1-4-30-19-11-7-17(8-12-19)22(27)20-21(24-16(3)13-14-31-24)26(25(29)23(20)28)18-9-5-15(2)6-10-18/h5-14,21,27H,4H2,1-3H3/b22-20-. The molecule has 2 heterocycles. The minimum absolute atomic E-state index is 0.0975. The summed E-state index contributed by atoms with van der Waals surface area (Å²) in [6.07, 6.45) is 0. The number of ketones is 1. The van der Waals surface area contributed by atoms with Gasteiger partial charge in [0, 0.05) is 16.1 Å². The monoisotopic (exact) mass is 433 g/mol. The molecule has 5 nitrogen and oxygen atoms in total. The van der Waals surface area contributed by atoms with Gasteiger partial charge in [-0.3, -0.25) is 14.5 Å². The van der Waals surface area contributed by atoms with Crippen LogP contribution in [0.5, 0.6) is 5.75 Å². The average Bonchev–Trinajstić information content (AvgIpc) is 3.30. The molecular weight excluding hydrogens is 410 g/mol. The predicted molar refractivity (Wildman–Crippen MR) is 123 cm³/mol. The molecule has 1 unspecified atom stereocenters. The lowest BCUT2D eigenvalue weighted by Gasteiger charge is -2.25. The highest BCUT2D eigenvalue weighted by atomic mass is 32.1. The van der Waals surface area contributed by atoms with Crippen LogP contribution in [-0.2, 0) is 9.59 Å². The molecule has 158 valence electrons. The molecule has 0 aliphatic carbocycles. The van der Waals surface area contributed by atoms with Crippen LogP contribution < -0.4 is 9.64 Å². The van der Waals surface area contributed by atoms with E-state index in [1.165, 1.54) is 16.2 Å². The number of aliphatic hydroxyl groups is 1. The maximum atomic E-state index is 13.1. The van der Waals surface area contributed by atoms with Gasteiger partial charge in [-0.05, 0) is 74.2 Å². The third-order valence-electron chi connectivity index (χ3n) is 5.35. The lowest BCUT2D eigenvalue weighted by atomic mass is 9.98. The molecule has 6 heteroatoms. The number of carbonyl (C=O) groups is 2. The van der Waals surface area contributed by atoms with Gasteiger partial charge in [-0.2, -0.15) is 0 Å². The zero-order valence-electron chi connectivity index (χ0n) is 17.6. The number of thiophene rings is 1. The summed E-state index contributed by atoms with van der Waals surface area (Å²) in [4.78, 5) is 28.6. The van der Waals surface area contributed by atoms with Gasteiger partial charge in [0.15, 0.2) is 0 Å². The van der Waals surface area contributed by atoms with E-state index in [4.69, 9.17) is 4.74 Å². The van der Waals surface area contributed by atoms with Gasteiger partial charge in [-0.25, -0.2) is 0 Å². The molecule has 1 aromatic heterocycles. The van der Waals surface area contributed by atoms with E-state index in [2.05, 4.69) is 0 Å². The summed E-state index contributed by atoms with van der Waals surface area (Å²) in [5.74, 6) is -0.850. The number of benzene rings is 2. The minimum atomic E-state index is -0.690. The highest BCUT2D eigenvalue weighted by Crippen LogP contribution is 2.44. The second-order valence-corrected chi connectivity index (χ2v) is 8.38. The fourth-order valence-electron chi connectivity index (χ4n) is 3.75. The van der Waals surface area contributed by atoms with Gasteiger partial charge in [-0.15, -0.1) is 11.3 Å². The van der Waals surface area contributed by atoms with Crippen molar-refractivity contribution in [3.63, 3.8) is 0 Å². The van der Waals surface area contributed by atoms with Crippen LogP contribution >= 0.6 is 11.3 Å². The van der Waals surface area contributed by atoms with E-state index >= 15 is 0 Å². The van der Waals surface area contributed by atoms with Crippen molar-refractivity contribution in [3.8, 4) is 5.75 Å². The molecule has 1 N–H and O–H groups in total. The smallest absolute Gasteiger partial charge is 0.300 e. The number of aryl methyl sites for hydroxylation is 2. The number of hydrogen-bond donors (Lipinski definition) is 1. The van der Waals surface area contributed by atoms with Gasteiger partial charge in [0.1, 0.15) is 17.6 Å². The number of ether oxygens (including phenoxy) is 1. The highest BCUT2D eigenvalue weighted by molar-refractivity contribution is 7.10. The first-order chi connectivity index (χ1) is 14.9. The summed E-state index contributed by atoms with van der Waals surface area (Å²) >= 11 is 1.47. The molecule has 1 aliphatic rings. The first kappa shape index (κ1) is 20.9. The molecule has 0 saturated carbocycles. The molecule has 1 amide bonds. The summed E-state index contributed by atoms with van der Waals surface area (Å²) in [7, 11) is 0. The van der Waals surface area contributed by atoms with E-state index in [0.717, 1.165) is 16.0 Å². The van der Waals surface area contributed by atoms with Crippen LogP contribution in [0.1, 0.15) is 34.5 Å². The number of rotatable bonds is 5. The molecule has 1 fully saturated rings. The van der Waals surface area contributed by atoms with Crippen molar-refractivity contribution in [2.45, 2.75) is 26.8 Å². The molecule has 31 heavy (non-hydrogen) atoms. The molecule has 0 spiro atoms. The van der Waals surface area contributed by atoms with Gasteiger partial charge in [0.2, 0.25) is 0 Å². The van der Waals surface area contributed by atoms with Crippen molar-refractivity contribution >= 4 is 34.5 Å². The molecule has 1 aliphatic heterocycles. The Labute approximate surface area is 185 Å². The van der Waals surface area contributed by atoms with E-state index in [1.807, 2.05) is 56.5 Å². The quantitative estimate of drug-likeness (QED) is 0.333. The van der Waals surface area contributed by atoms with Gasteiger partial charge < -0.3 is 9.84 Å². The van der Waals surface area contributed by atoms with Gasteiger partial charge in [0.25, 0.3) is 11.7 Å². The number of amides is 1. The van der Waals surface area contributed by atoms with Crippen molar-refractivity contribution < 1.29 is 19.4 Å². The highest BCUT2D eigenvalue weighted by Gasteiger charge is 2.47. The van der Waals surface area contributed by atoms with Crippen LogP contribution in [0.2, 0.25) is 0 Å². The third kappa shape index (κ3) is 3.75. The SMILES string of the molecule is CCOc1ccc(/C(O)=C2/C(=O)C(=O)N(c3ccc(C)cc3)C2c2sccc2C)cc1. The van der Waals surface area contributed by atoms with E-state index in [9.17, 15) is 14.7 Å². The Morgan fingerprint density at radius 1 is 1.03 bits per heavy atom. The fraction of sp³-hybridized carbons (Fsp3) is 0.200. The summed E-state index contributed by atoms with van der Waals surface area (Å²) in [5.41, 5.74) is 3.20. The number of nitrogens with zero attached hydrogens (tertiary/aromatic N) is 1. The van der Waals surface area contributed by atoms with Crippen molar-refractivity contribution in [3.05, 3.63) is 87.1 Å². The topological polar surface area (TPSA) is 66.8 Å². The maximum absolute atomic E-state index is 13.1. The molecular formula is C25H23NO4S. The van der Waals surface area contributed by atoms with Crippen molar-refractivity contribution in [1.29, 1.82) is 0 Å². The van der Waals surface area contributed by atoms with E-state index in [-0.39, 0.29) is 11.3 Å². The van der Waals surface area contributed by atoms with Gasteiger partial charge in [-0.1, -0.05) is 17.7 Å². The Hall–Kier alpha value is -3.38. The Balaban J connectivity index is 1.88. The number of hydrogen-bond acceptors (Lipinski definition) is 5. The molecule has 2 aromatic carbocycles. The summed E-state index contributed by atoms with van der Waals surface area (Å²) in [5, 5.41) is 13.1. The Bertz CT molecular complexity index is 1160. The first-order valence-corrected chi connectivity index (χ1v) is 10.9. The first-order valence-electron chi connectivity index (χ1n) is 10.1. The van der Waals surface area contributed by atoms with E-state index < -0.39 is 17.7 Å². The lowest BCUT2D eigenvalue weighted by molar-refractivity contribution is -0.132. The minimum Gasteiger partial charge on any atom is -0.507 e. The van der Waals surface area contributed by atoms with Crippen molar-refractivity contribution in [2.24, 2.45) is 0 Å². The summed E-state index contributed by atoms with van der Waals surface area (Å²) in [6.45, 7) is 6.33. The van der Waals surface area contributed by atoms with E-state index in [1.54, 1.807) is 24.3 Å². The molecule has 0 radical (unpaired) electrons. The van der Waals surface area contributed by atoms with Crippen molar-refractivity contribution in [1.82, 2.24) is 0 Å². The Morgan fingerprint density at radius 2 is 1.71 bits per heavy atom. The number of anilines is 1. The van der Waals surface area contributed by atoms with Gasteiger partial charge in [0.05, 0.1) is 12.2 Å². The number of Topliss-reactive ketones (excluding diaryl/α,β-unsaturated/α-hetero) is 1. The molecule has 1 atom stereocenters. The van der Waals surface area contributed by atoms with Crippen LogP contribution in [0, 0.1) is 13.8 Å². The lowest BCUT2D eigenvalue weighted by Crippen LogP contribution is -2.29. The molecule has 3 aromatic rings. The van der Waals surface area contributed by atoms with Crippen LogP contribution in [0.4, 0.5) is 5.69 Å². The second-order valence-electron chi connectivity index (χ2n) is 7.43. The Kier molecular flexibility index (Phi) is 5.65. The van der Waals surface area contributed by atoms with Crippen molar-refractivity contribution in [2.75, 3.05) is 11.5 Å². The Morgan fingerprint density at radius 3 is 2.29 bits per heavy atom. The predicted octanol–water partition coefficient (Wildman–Crippen LogP) is 5.39. The maximum Gasteiger partial charge on any atom is 0.300 e. The van der Waals surface area contributed by atoms with Gasteiger partial charge >= 0.3 is 0 Å². The van der Waals surface area contributed by atoms with Crippen LogP contribution in [-0.4, -0.2) is 23.4 Å². The summed E-state index contributed by atoms with van der Waals surface area (Å²) < 4.78 is 5.46. The second kappa shape index (κ2) is 8.40. The molecule has 4 rings (SSSR count). The summed E-state index contributed by atoms with van der Waals surface area (Å²) in [6, 6.07) is 15.6. The third-order valence-corrected chi connectivity index (χ3v) is 6.42. The van der Waals surface area contributed by atoms with E-state index in [0.29, 0.717) is 23.6 Å². The zero-order chi connectivity index (χ0) is 22.1. The van der Waals surface area contributed by atoms with Crippen LogP contribution in [0.15, 0.2) is 65.6 Å². The normalized spacial score (nSPS) is 17.9. The largest absolute Gasteiger partial charge is 0.507 e. The van der Waals surface area contributed by atoms with Crippen LogP contribution in [0.25, 0.3) is 5.76 Å². The van der Waals surface area contributed by atoms with Crippen LogP contribution in [0.3, 0.4) is 0 Å². The zero-order valence-corrected chi connectivity index (χ0v) is 18.4. The number of aliphatic hydroxyl groups excluding tert-OH is 1. The number of carbonyl (C=O) groups excluding carboxylic acids is 2. The molecule has 0 bridgehead atoms. The average molecular weight is 434 g/mol. The molecule has 1 saturated heterocycles.